The first-order valence-corrected chi connectivity index (χ1v) is 14.7. The molecule has 0 spiro atoms. The SMILES string of the molecule is CCCCCCCCc1c2ccccc2c(CCCCCCCC)c2cc(C(C)CC)ccc12. The average Bonchev–Trinajstić information content (AvgIpc) is 2.87. The van der Waals surface area contributed by atoms with E-state index in [2.05, 4.69) is 70.2 Å². The van der Waals surface area contributed by atoms with Crippen LogP contribution in [0.25, 0.3) is 21.5 Å². The number of rotatable bonds is 16. The number of hydrogen-bond donors (Lipinski definition) is 0. The van der Waals surface area contributed by atoms with Crippen LogP contribution in [0.2, 0.25) is 0 Å². The Bertz CT molecular complexity index is 996. The van der Waals surface area contributed by atoms with Crippen LogP contribution in [0.4, 0.5) is 0 Å². The Morgan fingerprint density at radius 2 is 1.00 bits per heavy atom. The van der Waals surface area contributed by atoms with E-state index in [0.29, 0.717) is 5.92 Å². The van der Waals surface area contributed by atoms with Crippen molar-refractivity contribution >= 4 is 21.5 Å². The van der Waals surface area contributed by atoms with Gasteiger partial charge in [0.15, 0.2) is 0 Å². The number of hydrogen-bond acceptors (Lipinski definition) is 0. The Morgan fingerprint density at radius 3 is 1.53 bits per heavy atom. The Kier molecular flexibility index (Phi) is 11.5. The summed E-state index contributed by atoms with van der Waals surface area (Å²) in [6.07, 6.45) is 20.0. The fourth-order valence-corrected chi connectivity index (χ4v) is 5.62. The predicted molar refractivity (Wildman–Crippen MR) is 154 cm³/mol. The molecule has 0 heteroatoms. The van der Waals surface area contributed by atoms with Crippen molar-refractivity contribution in [2.24, 2.45) is 0 Å². The van der Waals surface area contributed by atoms with Gasteiger partial charge in [-0.1, -0.05) is 134 Å². The summed E-state index contributed by atoms with van der Waals surface area (Å²) in [7, 11) is 0. The molecule has 0 radical (unpaired) electrons. The summed E-state index contributed by atoms with van der Waals surface area (Å²) in [6.45, 7) is 9.31. The van der Waals surface area contributed by atoms with E-state index in [1.54, 1.807) is 16.5 Å². The summed E-state index contributed by atoms with van der Waals surface area (Å²) in [4.78, 5) is 0. The third-order valence-corrected chi connectivity index (χ3v) is 8.01. The van der Waals surface area contributed by atoms with Crippen molar-refractivity contribution in [2.45, 2.75) is 130 Å². The third kappa shape index (κ3) is 7.10. The van der Waals surface area contributed by atoms with Gasteiger partial charge in [0, 0.05) is 0 Å². The zero-order valence-electron chi connectivity index (χ0n) is 22.7. The highest BCUT2D eigenvalue weighted by Gasteiger charge is 2.15. The second kappa shape index (κ2) is 14.6. The molecule has 0 aliphatic heterocycles. The molecule has 1 atom stereocenters. The minimum atomic E-state index is 0.625. The molecule has 0 N–H and O–H groups in total. The molecule has 0 aromatic heterocycles. The molecular formula is C34H50. The topological polar surface area (TPSA) is 0 Å². The first-order valence-electron chi connectivity index (χ1n) is 14.7. The Balaban J connectivity index is 1.95. The monoisotopic (exact) mass is 458 g/mol. The molecule has 3 aromatic carbocycles. The molecule has 3 aromatic rings. The summed E-state index contributed by atoms with van der Waals surface area (Å²) in [5.74, 6) is 0.625. The molecule has 0 heterocycles. The molecule has 0 fully saturated rings. The van der Waals surface area contributed by atoms with Gasteiger partial charge in [-0.25, -0.2) is 0 Å². The van der Waals surface area contributed by atoms with Crippen molar-refractivity contribution in [3.63, 3.8) is 0 Å². The van der Waals surface area contributed by atoms with E-state index in [9.17, 15) is 0 Å². The molecule has 0 bridgehead atoms. The quantitative estimate of drug-likeness (QED) is 0.148. The van der Waals surface area contributed by atoms with E-state index in [1.807, 2.05) is 0 Å². The van der Waals surface area contributed by atoms with Gasteiger partial charge in [0.1, 0.15) is 0 Å². The zero-order valence-corrected chi connectivity index (χ0v) is 22.7. The van der Waals surface area contributed by atoms with Crippen LogP contribution in [0, 0.1) is 0 Å². The van der Waals surface area contributed by atoms with Gasteiger partial charge >= 0.3 is 0 Å². The highest BCUT2D eigenvalue weighted by molar-refractivity contribution is 6.06. The van der Waals surface area contributed by atoms with Crippen molar-refractivity contribution in [1.82, 2.24) is 0 Å². The number of benzene rings is 3. The largest absolute Gasteiger partial charge is 0.0654 e. The molecule has 1 unspecified atom stereocenters. The molecular weight excluding hydrogens is 408 g/mol. The molecule has 186 valence electrons. The fraction of sp³-hybridized carbons (Fsp3) is 0.588. The van der Waals surface area contributed by atoms with Gasteiger partial charge in [-0.05, 0) is 76.3 Å². The van der Waals surface area contributed by atoms with Gasteiger partial charge < -0.3 is 0 Å². The molecule has 34 heavy (non-hydrogen) atoms. The normalized spacial score (nSPS) is 12.6. The van der Waals surface area contributed by atoms with Gasteiger partial charge in [0.2, 0.25) is 0 Å². The molecule has 0 nitrogen and oxygen atoms in total. The minimum Gasteiger partial charge on any atom is -0.0654 e. The highest BCUT2D eigenvalue weighted by Crippen LogP contribution is 2.37. The lowest BCUT2D eigenvalue weighted by Crippen LogP contribution is -1.99. The maximum atomic E-state index is 2.56. The summed E-state index contributed by atoms with van der Waals surface area (Å²) in [5, 5.41) is 6.11. The molecule has 0 aliphatic rings. The van der Waals surface area contributed by atoms with Gasteiger partial charge in [-0.15, -0.1) is 0 Å². The third-order valence-electron chi connectivity index (χ3n) is 8.01. The Labute approximate surface area is 210 Å². The molecule has 0 aliphatic carbocycles. The first kappa shape index (κ1) is 26.8. The van der Waals surface area contributed by atoms with E-state index in [1.165, 1.54) is 118 Å². The van der Waals surface area contributed by atoms with Crippen LogP contribution in [0.5, 0.6) is 0 Å². The first-order chi connectivity index (χ1) is 16.7. The average molecular weight is 459 g/mol. The number of fused-ring (bicyclic) bond motifs is 2. The lowest BCUT2D eigenvalue weighted by molar-refractivity contribution is 0.608. The summed E-state index contributed by atoms with van der Waals surface area (Å²) >= 11 is 0. The highest BCUT2D eigenvalue weighted by atomic mass is 14.2. The van der Waals surface area contributed by atoms with E-state index in [-0.39, 0.29) is 0 Å². The smallest absolute Gasteiger partial charge is 0.0140 e. The Hall–Kier alpha value is -1.82. The zero-order chi connectivity index (χ0) is 24.2. The minimum absolute atomic E-state index is 0.625. The Morgan fingerprint density at radius 1 is 0.529 bits per heavy atom. The fourth-order valence-electron chi connectivity index (χ4n) is 5.62. The van der Waals surface area contributed by atoms with E-state index in [0.717, 1.165) is 0 Å². The van der Waals surface area contributed by atoms with Gasteiger partial charge in [0.05, 0.1) is 0 Å². The van der Waals surface area contributed by atoms with Crippen LogP contribution in [-0.4, -0.2) is 0 Å². The lowest BCUT2D eigenvalue weighted by atomic mass is 9.85. The maximum Gasteiger partial charge on any atom is -0.0140 e. The summed E-state index contributed by atoms with van der Waals surface area (Å²) in [6, 6.07) is 16.8. The van der Waals surface area contributed by atoms with Gasteiger partial charge in [-0.3, -0.25) is 0 Å². The second-order valence-electron chi connectivity index (χ2n) is 10.7. The molecule has 0 saturated heterocycles. The van der Waals surface area contributed by atoms with Crippen LogP contribution < -0.4 is 0 Å². The van der Waals surface area contributed by atoms with Gasteiger partial charge in [-0.2, -0.15) is 0 Å². The van der Waals surface area contributed by atoms with Crippen LogP contribution in [-0.2, 0) is 12.8 Å². The second-order valence-corrected chi connectivity index (χ2v) is 10.7. The number of aryl methyl sites for hydroxylation is 2. The van der Waals surface area contributed by atoms with Gasteiger partial charge in [0.25, 0.3) is 0 Å². The van der Waals surface area contributed by atoms with Crippen LogP contribution in [0.1, 0.15) is 134 Å². The van der Waals surface area contributed by atoms with Crippen molar-refractivity contribution in [2.75, 3.05) is 0 Å². The lowest BCUT2D eigenvalue weighted by Gasteiger charge is -2.19. The van der Waals surface area contributed by atoms with Crippen molar-refractivity contribution in [1.29, 1.82) is 0 Å². The predicted octanol–water partition coefficient (Wildman–Crippen LogP) is 11.3. The maximum absolute atomic E-state index is 2.56. The van der Waals surface area contributed by atoms with E-state index < -0.39 is 0 Å². The molecule has 3 rings (SSSR count). The van der Waals surface area contributed by atoms with Crippen LogP contribution in [0.3, 0.4) is 0 Å². The van der Waals surface area contributed by atoms with Crippen LogP contribution >= 0.6 is 0 Å². The number of unbranched alkanes of at least 4 members (excludes halogenated alkanes) is 10. The van der Waals surface area contributed by atoms with Crippen molar-refractivity contribution in [3.8, 4) is 0 Å². The summed E-state index contributed by atoms with van der Waals surface area (Å²) < 4.78 is 0. The van der Waals surface area contributed by atoms with E-state index >= 15 is 0 Å². The molecule has 0 amide bonds. The standard InChI is InChI=1S/C34H50/c1-5-8-10-12-14-16-20-31-29-22-18-19-23-30(29)32(21-17-15-13-11-9-6-2)34-26-28(27(4)7-3)24-25-33(31)34/h18-19,22-27H,5-17,20-21H2,1-4H3. The van der Waals surface area contributed by atoms with Crippen molar-refractivity contribution in [3.05, 3.63) is 59.2 Å². The van der Waals surface area contributed by atoms with Crippen molar-refractivity contribution < 1.29 is 0 Å². The van der Waals surface area contributed by atoms with E-state index in [4.69, 9.17) is 0 Å². The summed E-state index contributed by atoms with van der Waals surface area (Å²) in [5.41, 5.74) is 4.72. The molecule has 0 saturated carbocycles. The van der Waals surface area contributed by atoms with Crippen LogP contribution in [0.15, 0.2) is 42.5 Å².